The van der Waals surface area contributed by atoms with Crippen LogP contribution in [-0.4, -0.2) is 28.1 Å². The summed E-state index contributed by atoms with van der Waals surface area (Å²) >= 11 is 1.25. The molecule has 3 rings (SSSR count). The second kappa shape index (κ2) is 6.17. The number of anilines is 1. The summed E-state index contributed by atoms with van der Waals surface area (Å²) in [5.41, 5.74) is 1.21. The van der Waals surface area contributed by atoms with Gasteiger partial charge in [0.05, 0.1) is 0 Å². The van der Waals surface area contributed by atoms with Crippen LogP contribution in [0.25, 0.3) is 0 Å². The molecule has 2 heterocycles. The first-order valence-electron chi connectivity index (χ1n) is 6.98. The van der Waals surface area contributed by atoms with Gasteiger partial charge in [0, 0.05) is 25.3 Å². The molecule has 1 fully saturated rings. The molecule has 6 heteroatoms. The summed E-state index contributed by atoms with van der Waals surface area (Å²) in [5.74, 6) is 0.361. The van der Waals surface area contributed by atoms with Gasteiger partial charge in [-0.05, 0) is 35.9 Å². The zero-order valence-electron chi connectivity index (χ0n) is 11.6. The first kappa shape index (κ1) is 14.6. The first-order valence-corrected chi connectivity index (χ1v) is 9.34. The van der Waals surface area contributed by atoms with Crippen molar-refractivity contribution in [1.29, 1.82) is 0 Å². The van der Waals surface area contributed by atoms with E-state index in [0.717, 1.165) is 19.5 Å². The summed E-state index contributed by atoms with van der Waals surface area (Å²) in [6, 6.07) is 13.6. The lowest BCUT2D eigenvalue weighted by Crippen LogP contribution is -2.30. The third-order valence-electron chi connectivity index (χ3n) is 3.73. The van der Waals surface area contributed by atoms with Crippen LogP contribution in [0.2, 0.25) is 0 Å². The van der Waals surface area contributed by atoms with E-state index in [1.807, 2.05) is 18.2 Å². The molecule has 112 valence electrons. The largest absolute Gasteiger partial charge is 0.371 e. The second-order valence-electron chi connectivity index (χ2n) is 5.22. The van der Waals surface area contributed by atoms with Crippen LogP contribution in [0.15, 0.2) is 52.1 Å². The summed E-state index contributed by atoms with van der Waals surface area (Å²) in [5, 5.41) is 1.78. The molecule has 1 aromatic carbocycles. The van der Waals surface area contributed by atoms with Gasteiger partial charge >= 0.3 is 0 Å². The zero-order chi connectivity index (χ0) is 14.7. The Labute approximate surface area is 129 Å². The third-order valence-corrected chi connectivity index (χ3v) is 6.55. The molecule has 1 aromatic heterocycles. The number of hydrogen-bond donors (Lipinski definition) is 1. The standard InChI is InChI=1S/C15H18N2O2S2/c18-21(19,15-7-4-10-20-15)16-11-13-8-9-17(12-13)14-5-2-1-3-6-14/h1-7,10,13,16H,8-9,11-12H2. The van der Waals surface area contributed by atoms with Crippen LogP contribution in [0.3, 0.4) is 0 Å². The van der Waals surface area contributed by atoms with Crippen molar-refractivity contribution in [1.82, 2.24) is 4.72 Å². The van der Waals surface area contributed by atoms with Gasteiger partial charge in [-0.1, -0.05) is 24.3 Å². The van der Waals surface area contributed by atoms with E-state index in [0.29, 0.717) is 16.7 Å². The van der Waals surface area contributed by atoms with E-state index in [4.69, 9.17) is 0 Å². The minimum Gasteiger partial charge on any atom is -0.371 e. The van der Waals surface area contributed by atoms with Gasteiger partial charge in [0.25, 0.3) is 0 Å². The highest BCUT2D eigenvalue weighted by Crippen LogP contribution is 2.23. The molecule has 1 atom stereocenters. The maximum Gasteiger partial charge on any atom is 0.250 e. The van der Waals surface area contributed by atoms with Crippen LogP contribution < -0.4 is 9.62 Å². The van der Waals surface area contributed by atoms with E-state index in [-0.39, 0.29) is 0 Å². The fourth-order valence-corrected chi connectivity index (χ4v) is 4.74. The Morgan fingerprint density at radius 2 is 2.00 bits per heavy atom. The maximum atomic E-state index is 12.1. The molecule has 1 N–H and O–H groups in total. The van der Waals surface area contributed by atoms with Crippen LogP contribution in [-0.2, 0) is 10.0 Å². The van der Waals surface area contributed by atoms with Crippen molar-refractivity contribution in [2.75, 3.05) is 24.5 Å². The molecule has 1 aliphatic heterocycles. The van der Waals surface area contributed by atoms with Gasteiger partial charge in [0.2, 0.25) is 10.0 Å². The summed E-state index contributed by atoms with van der Waals surface area (Å²) in [7, 11) is -3.34. The van der Waals surface area contributed by atoms with Gasteiger partial charge < -0.3 is 4.90 Å². The molecule has 2 aromatic rings. The average Bonchev–Trinajstić information content (AvgIpc) is 3.18. The topological polar surface area (TPSA) is 49.4 Å². The highest BCUT2D eigenvalue weighted by atomic mass is 32.2. The molecule has 0 aliphatic carbocycles. The van der Waals surface area contributed by atoms with Crippen molar-refractivity contribution >= 4 is 27.0 Å². The number of para-hydroxylation sites is 1. The van der Waals surface area contributed by atoms with Gasteiger partial charge in [-0.25, -0.2) is 13.1 Å². The van der Waals surface area contributed by atoms with Crippen molar-refractivity contribution < 1.29 is 8.42 Å². The minimum atomic E-state index is -3.34. The fourth-order valence-electron chi connectivity index (χ4n) is 2.59. The fraction of sp³-hybridized carbons (Fsp3) is 0.333. The van der Waals surface area contributed by atoms with E-state index in [2.05, 4.69) is 21.8 Å². The molecular formula is C15H18N2O2S2. The molecular weight excluding hydrogens is 304 g/mol. The first-order chi connectivity index (χ1) is 10.1. The zero-order valence-corrected chi connectivity index (χ0v) is 13.2. The maximum absolute atomic E-state index is 12.1. The number of sulfonamides is 1. The molecule has 0 amide bonds. The molecule has 0 saturated carbocycles. The van der Waals surface area contributed by atoms with Crippen molar-refractivity contribution in [3.8, 4) is 0 Å². The number of benzene rings is 1. The molecule has 21 heavy (non-hydrogen) atoms. The van der Waals surface area contributed by atoms with Crippen LogP contribution in [0.5, 0.6) is 0 Å². The van der Waals surface area contributed by atoms with Crippen LogP contribution in [0.4, 0.5) is 5.69 Å². The van der Waals surface area contributed by atoms with E-state index >= 15 is 0 Å². The number of hydrogen-bond acceptors (Lipinski definition) is 4. The normalized spacial score (nSPS) is 19.0. The van der Waals surface area contributed by atoms with Gasteiger partial charge in [-0.3, -0.25) is 0 Å². The lowest BCUT2D eigenvalue weighted by Gasteiger charge is -2.18. The average molecular weight is 322 g/mol. The lowest BCUT2D eigenvalue weighted by atomic mass is 10.1. The van der Waals surface area contributed by atoms with Gasteiger partial charge in [0.15, 0.2) is 0 Å². The van der Waals surface area contributed by atoms with E-state index in [9.17, 15) is 8.42 Å². The van der Waals surface area contributed by atoms with Crippen molar-refractivity contribution in [3.05, 3.63) is 47.8 Å². The molecule has 0 spiro atoms. The summed E-state index contributed by atoms with van der Waals surface area (Å²) in [4.78, 5) is 2.31. The van der Waals surface area contributed by atoms with Crippen LogP contribution in [0.1, 0.15) is 6.42 Å². The molecule has 1 aliphatic rings. The molecule has 0 radical (unpaired) electrons. The summed E-state index contributed by atoms with van der Waals surface area (Å²) in [6.45, 7) is 2.38. The molecule has 1 saturated heterocycles. The molecule has 0 bridgehead atoms. The minimum absolute atomic E-state index is 0.361. The van der Waals surface area contributed by atoms with Crippen molar-refractivity contribution in [2.45, 2.75) is 10.6 Å². The van der Waals surface area contributed by atoms with Crippen LogP contribution >= 0.6 is 11.3 Å². The van der Waals surface area contributed by atoms with E-state index in [1.54, 1.807) is 17.5 Å². The number of nitrogens with one attached hydrogen (secondary N) is 1. The number of nitrogens with zero attached hydrogens (tertiary/aromatic N) is 1. The SMILES string of the molecule is O=S(=O)(NCC1CCN(c2ccccc2)C1)c1cccs1. The Kier molecular flexibility index (Phi) is 4.28. The van der Waals surface area contributed by atoms with Crippen molar-refractivity contribution in [3.63, 3.8) is 0 Å². The smallest absolute Gasteiger partial charge is 0.250 e. The number of thiophene rings is 1. The van der Waals surface area contributed by atoms with Crippen LogP contribution in [0, 0.1) is 5.92 Å². The Hall–Kier alpha value is -1.37. The monoisotopic (exact) mass is 322 g/mol. The predicted molar refractivity (Wildman–Crippen MR) is 86.3 cm³/mol. The predicted octanol–water partition coefficient (Wildman–Crippen LogP) is 2.55. The lowest BCUT2D eigenvalue weighted by molar-refractivity contribution is 0.543. The van der Waals surface area contributed by atoms with Gasteiger partial charge in [0.1, 0.15) is 4.21 Å². The Morgan fingerprint density at radius 1 is 1.19 bits per heavy atom. The molecule has 4 nitrogen and oxygen atoms in total. The van der Waals surface area contributed by atoms with Gasteiger partial charge in [-0.2, -0.15) is 0 Å². The summed E-state index contributed by atoms with van der Waals surface area (Å²) in [6.07, 6.45) is 1.02. The quantitative estimate of drug-likeness (QED) is 0.920. The summed E-state index contributed by atoms with van der Waals surface area (Å²) < 4.78 is 27.3. The number of rotatable bonds is 5. The Balaban J connectivity index is 1.56. The van der Waals surface area contributed by atoms with E-state index in [1.165, 1.54) is 17.0 Å². The Morgan fingerprint density at radius 3 is 2.71 bits per heavy atom. The molecule has 1 unspecified atom stereocenters. The van der Waals surface area contributed by atoms with Gasteiger partial charge in [-0.15, -0.1) is 11.3 Å². The highest BCUT2D eigenvalue weighted by molar-refractivity contribution is 7.91. The second-order valence-corrected chi connectivity index (χ2v) is 8.16. The third kappa shape index (κ3) is 3.45. The highest BCUT2D eigenvalue weighted by Gasteiger charge is 2.24. The Bertz CT molecular complexity index is 669. The van der Waals surface area contributed by atoms with Crippen molar-refractivity contribution in [2.24, 2.45) is 5.92 Å². The van der Waals surface area contributed by atoms with E-state index < -0.39 is 10.0 Å².